The van der Waals surface area contributed by atoms with Crippen LogP contribution in [0.5, 0.6) is 5.75 Å². The number of para-hydroxylation sites is 1. The van der Waals surface area contributed by atoms with Crippen molar-refractivity contribution in [1.29, 1.82) is 0 Å². The van der Waals surface area contributed by atoms with Crippen LogP contribution < -0.4 is 39.4 Å². The third kappa shape index (κ3) is 5.56. The Bertz CT molecular complexity index is 1260. The first kappa shape index (κ1) is 26.0. The molecule has 34 heavy (non-hydrogen) atoms. The summed E-state index contributed by atoms with van der Waals surface area (Å²) in [5.74, 6) is -0.535. The van der Waals surface area contributed by atoms with E-state index >= 15 is 0 Å². The molecule has 6 heteroatoms. The summed E-state index contributed by atoms with van der Waals surface area (Å²) in [5.41, 5.74) is 3.59. The van der Waals surface area contributed by atoms with E-state index in [0.717, 1.165) is 33.3 Å². The van der Waals surface area contributed by atoms with Gasteiger partial charge < -0.3 is 23.9 Å². The summed E-state index contributed by atoms with van der Waals surface area (Å²) in [6.07, 6.45) is -1.25. The first-order chi connectivity index (χ1) is 15.8. The van der Waals surface area contributed by atoms with Crippen LogP contribution in [0.2, 0.25) is 0 Å². The van der Waals surface area contributed by atoms with E-state index in [1.807, 2.05) is 104 Å². The van der Waals surface area contributed by atoms with Gasteiger partial charge in [-0.2, -0.15) is 0 Å². The SMILES string of the molecule is COc1ccc(-c2c(C(OC(C)(C)C)C(=O)[O-])n(Cc3ccccc3)c3ccccc23)cc1.[Na+]. The molecule has 0 spiro atoms. The van der Waals surface area contributed by atoms with Gasteiger partial charge >= 0.3 is 29.6 Å². The zero-order valence-electron chi connectivity index (χ0n) is 20.4. The van der Waals surface area contributed by atoms with Crippen LogP contribution in [-0.4, -0.2) is 23.2 Å². The van der Waals surface area contributed by atoms with Crippen LogP contribution in [0.25, 0.3) is 22.0 Å². The second-order valence-corrected chi connectivity index (χ2v) is 9.01. The summed E-state index contributed by atoms with van der Waals surface area (Å²) >= 11 is 0. The van der Waals surface area contributed by atoms with E-state index in [1.165, 1.54) is 0 Å². The molecule has 0 radical (unpaired) electrons. The van der Waals surface area contributed by atoms with Gasteiger partial charge in [0.2, 0.25) is 0 Å². The predicted octanol–water partition coefficient (Wildman–Crippen LogP) is 1.98. The Hall–Kier alpha value is -2.57. The molecule has 0 N–H and O–H groups in total. The van der Waals surface area contributed by atoms with Gasteiger partial charge in [-0.25, -0.2) is 0 Å². The number of carbonyl (C=O) groups excluding carboxylic acids is 1. The molecular weight excluding hydrogens is 437 g/mol. The van der Waals surface area contributed by atoms with Gasteiger partial charge in [0.1, 0.15) is 11.9 Å². The molecule has 0 aliphatic carbocycles. The van der Waals surface area contributed by atoms with E-state index in [-0.39, 0.29) is 29.6 Å². The van der Waals surface area contributed by atoms with Crippen LogP contribution in [0.1, 0.15) is 38.1 Å². The Morgan fingerprint density at radius 1 is 0.941 bits per heavy atom. The number of ether oxygens (including phenoxy) is 2. The number of carboxylic acid groups (broad SMARTS) is 1. The number of hydrogen-bond donors (Lipinski definition) is 0. The Kier molecular flexibility index (Phi) is 8.26. The van der Waals surface area contributed by atoms with E-state index in [4.69, 9.17) is 9.47 Å². The minimum absolute atomic E-state index is 0. The van der Waals surface area contributed by atoms with E-state index in [9.17, 15) is 9.90 Å². The summed E-state index contributed by atoms with van der Waals surface area (Å²) in [6, 6.07) is 25.6. The summed E-state index contributed by atoms with van der Waals surface area (Å²) in [6.45, 7) is 6.05. The molecule has 0 aliphatic rings. The quantitative estimate of drug-likeness (QED) is 0.392. The molecule has 0 bridgehead atoms. The number of carbonyl (C=O) groups is 1. The molecular formula is C28H28NNaO4. The zero-order valence-corrected chi connectivity index (χ0v) is 22.4. The molecule has 0 aliphatic heterocycles. The summed E-state index contributed by atoms with van der Waals surface area (Å²) in [4.78, 5) is 12.5. The van der Waals surface area contributed by atoms with Crippen molar-refractivity contribution in [3.05, 3.63) is 90.1 Å². The van der Waals surface area contributed by atoms with E-state index in [1.54, 1.807) is 7.11 Å². The third-order valence-corrected chi connectivity index (χ3v) is 5.51. The first-order valence-electron chi connectivity index (χ1n) is 11.0. The molecule has 1 aromatic heterocycles. The number of carboxylic acids is 1. The Morgan fingerprint density at radius 3 is 2.15 bits per heavy atom. The van der Waals surface area contributed by atoms with Crippen molar-refractivity contribution in [3.8, 4) is 16.9 Å². The first-order valence-corrected chi connectivity index (χ1v) is 11.0. The molecule has 4 rings (SSSR count). The molecule has 1 heterocycles. The van der Waals surface area contributed by atoms with Gasteiger partial charge in [-0.05, 0) is 50.1 Å². The van der Waals surface area contributed by atoms with Crippen LogP contribution >= 0.6 is 0 Å². The zero-order chi connectivity index (χ0) is 23.6. The van der Waals surface area contributed by atoms with Gasteiger partial charge in [-0.3, -0.25) is 0 Å². The second kappa shape index (κ2) is 10.8. The molecule has 1 unspecified atom stereocenters. The monoisotopic (exact) mass is 465 g/mol. The third-order valence-electron chi connectivity index (χ3n) is 5.51. The van der Waals surface area contributed by atoms with Gasteiger partial charge in [-0.1, -0.05) is 60.7 Å². The Labute approximate surface area is 222 Å². The molecule has 3 aromatic carbocycles. The summed E-state index contributed by atoms with van der Waals surface area (Å²) in [7, 11) is 1.62. The topological polar surface area (TPSA) is 63.5 Å². The molecule has 0 saturated heterocycles. The molecule has 0 saturated carbocycles. The second-order valence-electron chi connectivity index (χ2n) is 9.01. The number of methoxy groups -OCH3 is 1. The minimum Gasteiger partial charge on any atom is -0.547 e. The van der Waals surface area contributed by atoms with Crippen molar-refractivity contribution in [3.63, 3.8) is 0 Å². The fraction of sp³-hybridized carbons (Fsp3) is 0.250. The van der Waals surface area contributed by atoms with E-state index in [0.29, 0.717) is 12.2 Å². The largest absolute Gasteiger partial charge is 1.00 e. The van der Waals surface area contributed by atoms with Crippen molar-refractivity contribution in [2.24, 2.45) is 0 Å². The van der Waals surface area contributed by atoms with Crippen LogP contribution in [0, 0.1) is 0 Å². The van der Waals surface area contributed by atoms with Crippen molar-refractivity contribution >= 4 is 16.9 Å². The van der Waals surface area contributed by atoms with Gasteiger partial charge in [0.25, 0.3) is 0 Å². The number of benzene rings is 3. The molecule has 4 aromatic rings. The van der Waals surface area contributed by atoms with Gasteiger partial charge in [0.05, 0.1) is 24.4 Å². The molecule has 170 valence electrons. The van der Waals surface area contributed by atoms with Gasteiger partial charge in [-0.15, -0.1) is 0 Å². The molecule has 0 amide bonds. The molecule has 1 atom stereocenters. The maximum absolute atomic E-state index is 12.5. The number of fused-ring (bicyclic) bond motifs is 1. The van der Waals surface area contributed by atoms with Crippen LogP contribution in [0.15, 0.2) is 78.9 Å². The normalized spacial score (nSPS) is 12.2. The Morgan fingerprint density at radius 2 is 1.56 bits per heavy atom. The standard InChI is InChI=1S/C28H29NO4.Na/c1-28(2,3)33-26(27(30)31)25-24(20-14-16-21(32-4)17-15-20)22-12-8-9-13-23(22)29(25)18-19-10-6-5-7-11-19;/h5-17,26H,18H2,1-4H3,(H,30,31);/q;+1/p-1. The average molecular weight is 466 g/mol. The number of nitrogens with zero attached hydrogens (tertiary/aromatic N) is 1. The van der Waals surface area contributed by atoms with Gasteiger partial charge in [0, 0.05) is 23.0 Å². The number of hydrogen-bond acceptors (Lipinski definition) is 4. The average Bonchev–Trinajstić information content (AvgIpc) is 3.11. The number of aromatic nitrogens is 1. The fourth-order valence-electron chi connectivity index (χ4n) is 4.16. The van der Waals surface area contributed by atoms with E-state index in [2.05, 4.69) is 0 Å². The van der Waals surface area contributed by atoms with Crippen molar-refractivity contribution < 1.29 is 48.9 Å². The smallest absolute Gasteiger partial charge is 0.547 e. The summed E-state index contributed by atoms with van der Waals surface area (Å²) < 4.78 is 13.5. The number of aliphatic carboxylic acids is 1. The van der Waals surface area contributed by atoms with Crippen molar-refractivity contribution in [2.75, 3.05) is 7.11 Å². The maximum atomic E-state index is 12.5. The fourth-order valence-corrected chi connectivity index (χ4v) is 4.16. The molecule has 0 fully saturated rings. The Balaban J connectivity index is 0.00000324. The van der Waals surface area contributed by atoms with Crippen LogP contribution in [0.4, 0.5) is 0 Å². The van der Waals surface area contributed by atoms with Crippen molar-refractivity contribution in [2.45, 2.75) is 39.0 Å². The van der Waals surface area contributed by atoms with E-state index < -0.39 is 17.7 Å². The van der Waals surface area contributed by atoms with Crippen LogP contribution in [0.3, 0.4) is 0 Å². The maximum Gasteiger partial charge on any atom is 1.00 e. The predicted molar refractivity (Wildman–Crippen MR) is 128 cm³/mol. The summed E-state index contributed by atoms with van der Waals surface area (Å²) in [5, 5.41) is 13.4. The van der Waals surface area contributed by atoms with Crippen LogP contribution in [-0.2, 0) is 16.1 Å². The van der Waals surface area contributed by atoms with Gasteiger partial charge in [0.15, 0.2) is 0 Å². The number of rotatable bonds is 7. The molecule has 5 nitrogen and oxygen atoms in total. The minimum atomic E-state index is -1.27. The van der Waals surface area contributed by atoms with Crippen molar-refractivity contribution in [1.82, 2.24) is 4.57 Å².